The predicted octanol–water partition coefficient (Wildman–Crippen LogP) is 5.33. The van der Waals surface area contributed by atoms with Gasteiger partial charge in [-0.05, 0) is 63.8 Å². The molecular formula is C24H31F3N4O2S. The first kappa shape index (κ1) is 25.0. The van der Waals surface area contributed by atoms with Crippen molar-refractivity contribution in [2.24, 2.45) is 16.8 Å². The molecule has 1 aliphatic carbocycles. The summed E-state index contributed by atoms with van der Waals surface area (Å²) >= 11 is 1.45. The maximum absolute atomic E-state index is 12.5. The van der Waals surface area contributed by atoms with Crippen molar-refractivity contribution < 1.29 is 22.4 Å². The molecule has 1 saturated carbocycles. The van der Waals surface area contributed by atoms with E-state index in [4.69, 9.17) is 4.42 Å². The molecule has 3 heterocycles. The Labute approximate surface area is 201 Å². The second kappa shape index (κ2) is 11.1. The average molecular weight is 497 g/mol. The molecule has 2 aliphatic rings. The molecule has 0 saturated heterocycles. The van der Waals surface area contributed by atoms with E-state index < -0.39 is 12.6 Å². The van der Waals surface area contributed by atoms with E-state index in [1.54, 1.807) is 19.3 Å². The third-order valence-corrected chi connectivity index (χ3v) is 7.84. The molecule has 186 valence electrons. The van der Waals surface area contributed by atoms with Crippen LogP contribution in [0.25, 0.3) is 0 Å². The second-order valence-electron chi connectivity index (χ2n) is 9.40. The van der Waals surface area contributed by atoms with Crippen LogP contribution in [-0.2, 0) is 30.6 Å². The van der Waals surface area contributed by atoms with Gasteiger partial charge in [-0.15, -0.1) is 11.3 Å². The summed E-state index contributed by atoms with van der Waals surface area (Å²) in [5, 5.41) is 0.609. The van der Waals surface area contributed by atoms with Crippen molar-refractivity contribution in [1.29, 1.82) is 0 Å². The lowest BCUT2D eigenvalue weighted by molar-refractivity contribution is -0.134. The average Bonchev–Trinajstić information content (AvgIpc) is 3.40. The number of thiazole rings is 1. The lowest BCUT2D eigenvalue weighted by Crippen LogP contribution is -2.32. The highest BCUT2D eigenvalue weighted by atomic mass is 32.1. The Morgan fingerprint density at radius 2 is 2.12 bits per heavy atom. The van der Waals surface area contributed by atoms with E-state index in [0.29, 0.717) is 28.5 Å². The summed E-state index contributed by atoms with van der Waals surface area (Å²) in [6.45, 7) is 4.48. The molecule has 1 aliphatic heterocycles. The fraction of sp³-hybridized carbons (Fsp3) is 0.667. The van der Waals surface area contributed by atoms with Crippen LogP contribution in [0, 0.1) is 18.8 Å². The van der Waals surface area contributed by atoms with Gasteiger partial charge in [0, 0.05) is 37.0 Å². The largest absolute Gasteiger partial charge is 0.445 e. The second-order valence-corrected chi connectivity index (χ2v) is 10.6. The Kier molecular flexibility index (Phi) is 8.18. The van der Waals surface area contributed by atoms with Gasteiger partial charge in [0.15, 0.2) is 0 Å². The summed E-state index contributed by atoms with van der Waals surface area (Å²) in [7, 11) is 0. The highest BCUT2D eigenvalue weighted by Gasteiger charge is 2.28. The summed E-state index contributed by atoms with van der Waals surface area (Å²) in [5.74, 6) is 1.87. The molecule has 0 atom stereocenters. The lowest BCUT2D eigenvalue weighted by atomic mass is 9.81. The number of alkyl halides is 3. The van der Waals surface area contributed by atoms with E-state index in [0.717, 1.165) is 68.7 Å². The zero-order valence-electron chi connectivity index (χ0n) is 19.4. The fourth-order valence-electron chi connectivity index (χ4n) is 4.69. The third-order valence-electron chi connectivity index (χ3n) is 6.62. The van der Waals surface area contributed by atoms with Crippen LogP contribution < -0.4 is 0 Å². The van der Waals surface area contributed by atoms with Crippen molar-refractivity contribution in [2.45, 2.75) is 77.4 Å². The molecule has 10 heteroatoms. The fourth-order valence-corrected chi connectivity index (χ4v) is 5.76. The molecule has 0 N–H and O–H groups in total. The van der Waals surface area contributed by atoms with Gasteiger partial charge in [0.25, 0.3) is 5.91 Å². The first-order valence-electron chi connectivity index (χ1n) is 12.0. The van der Waals surface area contributed by atoms with Crippen LogP contribution in [0.4, 0.5) is 13.2 Å². The highest BCUT2D eigenvalue weighted by Crippen LogP contribution is 2.32. The van der Waals surface area contributed by atoms with Crippen LogP contribution in [-0.4, -0.2) is 46.3 Å². The summed E-state index contributed by atoms with van der Waals surface area (Å²) in [6.07, 6.45) is 4.89. The molecule has 2 aromatic heterocycles. The van der Waals surface area contributed by atoms with Crippen LogP contribution in [0.15, 0.2) is 15.6 Å². The molecule has 0 radical (unpaired) electrons. The van der Waals surface area contributed by atoms with Gasteiger partial charge in [-0.3, -0.25) is 9.69 Å². The molecule has 1 amide bonds. The number of fused-ring (bicyclic) bond motifs is 1. The number of hydrogen-bond acceptors (Lipinski definition) is 6. The summed E-state index contributed by atoms with van der Waals surface area (Å²) in [6, 6.07) is 0. The van der Waals surface area contributed by atoms with Gasteiger partial charge in [-0.25, -0.2) is 15.0 Å². The number of nitrogens with zero attached hydrogens (tertiary/aromatic N) is 4. The zero-order valence-corrected chi connectivity index (χ0v) is 20.3. The van der Waals surface area contributed by atoms with Crippen molar-refractivity contribution in [2.75, 3.05) is 13.1 Å². The van der Waals surface area contributed by atoms with Gasteiger partial charge >= 0.3 is 6.18 Å². The van der Waals surface area contributed by atoms with E-state index in [9.17, 15) is 18.0 Å². The maximum Gasteiger partial charge on any atom is 0.389 e. The number of aliphatic imine (C=N–C) groups is 1. The maximum atomic E-state index is 12.5. The van der Waals surface area contributed by atoms with E-state index in [-0.39, 0.29) is 18.7 Å². The standard InChI is InChI=1S/C24H31F3N4O2S/c1-16-13-29-22(33-16)12-21(32)28-14-18-4-2-17(3-5-18)7-10-31-11-8-20-19(15-31)30-23(34-20)6-9-24(25,26)27/h13-14,17-18H,2-12,15H2,1H3. The number of carbonyl (C=O) groups is 1. The summed E-state index contributed by atoms with van der Waals surface area (Å²) < 4.78 is 42.8. The van der Waals surface area contributed by atoms with Crippen LogP contribution in [0.5, 0.6) is 0 Å². The normalized spacial score (nSPS) is 21.8. The molecular weight excluding hydrogens is 465 g/mol. The van der Waals surface area contributed by atoms with Crippen molar-refractivity contribution in [1.82, 2.24) is 14.9 Å². The minimum absolute atomic E-state index is 0.0152. The molecule has 0 aromatic carbocycles. The Hall–Kier alpha value is -2.07. The van der Waals surface area contributed by atoms with E-state index in [1.807, 2.05) is 0 Å². The molecule has 34 heavy (non-hydrogen) atoms. The predicted molar refractivity (Wildman–Crippen MR) is 124 cm³/mol. The molecule has 4 rings (SSSR count). The molecule has 0 spiro atoms. The van der Waals surface area contributed by atoms with Crippen molar-refractivity contribution >= 4 is 23.5 Å². The number of halogens is 3. The van der Waals surface area contributed by atoms with Crippen LogP contribution in [0.2, 0.25) is 0 Å². The van der Waals surface area contributed by atoms with E-state index >= 15 is 0 Å². The molecule has 2 aromatic rings. The topological polar surface area (TPSA) is 71.6 Å². The lowest BCUT2D eigenvalue weighted by Gasteiger charge is -2.30. The Morgan fingerprint density at radius 1 is 1.32 bits per heavy atom. The Balaban J connectivity index is 1.15. The number of aryl methyl sites for hydroxylation is 2. The van der Waals surface area contributed by atoms with E-state index in [1.165, 1.54) is 11.3 Å². The first-order chi connectivity index (χ1) is 16.2. The SMILES string of the molecule is Cc1cnc(CC(=O)N=CC2CCC(CCN3CCc4sc(CCC(F)(F)F)nc4C3)CC2)o1. The molecule has 1 fully saturated rings. The number of rotatable bonds is 8. The van der Waals surface area contributed by atoms with Crippen molar-refractivity contribution in [3.63, 3.8) is 0 Å². The van der Waals surface area contributed by atoms with Gasteiger partial charge < -0.3 is 4.42 Å². The number of aromatic nitrogens is 2. The van der Waals surface area contributed by atoms with Gasteiger partial charge in [0.05, 0.1) is 16.9 Å². The van der Waals surface area contributed by atoms with Gasteiger partial charge in [0.1, 0.15) is 12.2 Å². The van der Waals surface area contributed by atoms with Crippen molar-refractivity contribution in [3.8, 4) is 0 Å². The first-order valence-corrected chi connectivity index (χ1v) is 12.8. The third kappa shape index (κ3) is 7.46. The number of amides is 1. The Morgan fingerprint density at radius 3 is 2.82 bits per heavy atom. The zero-order chi connectivity index (χ0) is 24.1. The smallest absolute Gasteiger partial charge is 0.389 e. The van der Waals surface area contributed by atoms with Crippen molar-refractivity contribution in [3.05, 3.63) is 33.4 Å². The minimum Gasteiger partial charge on any atom is -0.445 e. The van der Waals surface area contributed by atoms with Gasteiger partial charge in [-0.1, -0.05) is 0 Å². The number of oxazole rings is 1. The minimum atomic E-state index is -4.13. The number of carbonyl (C=O) groups excluding carboxylic acids is 1. The summed E-state index contributed by atoms with van der Waals surface area (Å²) in [4.78, 5) is 28.2. The molecule has 0 bridgehead atoms. The molecule has 6 nitrogen and oxygen atoms in total. The quantitative estimate of drug-likeness (QED) is 0.462. The van der Waals surface area contributed by atoms with Gasteiger partial charge in [0.2, 0.25) is 5.89 Å². The van der Waals surface area contributed by atoms with Crippen LogP contribution in [0.1, 0.15) is 65.8 Å². The number of hydrogen-bond donors (Lipinski definition) is 0. The monoisotopic (exact) mass is 496 g/mol. The molecule has 0 unspecified atom stereocenters. The van der Waals surface area contributed by atoms with Crippen LogP contribution in [0.3, 0.4) is 0 Å². The summed E-state index contributed by atoms with van der Waals surface area (Å²) in [5.41, 5.74) is 0.970. The van der Waals surface area contributed by atoms with Gasteiger partial charge in [-0.2, -0.15) is 13.2 Å². The highest BCUT2D eigenvalue weighted by molar-refractivity contribution is 7.11. The van der Waals surface area contributed by atoms with Crippen LogP contribution >= 0.6 is 11.3 Å². The Bertz CT molecular complexity index is 993. The van der Waals surface area contributed by atoms with E-state index in [2.05, 4.69) is 19.9 Å².